The molecule has 1 aliphatic heterocycles. The van der Waals surface area contributed by atoms with E-state index in [0.717, 1.165) is 12.1 Å². The van der Waals surface area contributed by atoms with Crippen molar-refractivity contribution in [2.45, 2.75) is 77.2 Å². The number of nitrogens with one attached hydrogen (secondary N) is 1. The van der Waals surface area contributed by atoms with Crippen LogP contribution in [0.25, 0.3) is 0 Å². The highest BCUT2D eigenvalue weighted by Gasteiger charge is 2.21. The Hall–Kier alpha value is -1.51. The minimum atomic E-state index is -0.851. The van der Waals surface area contributed by atoms with Crippen LogP contribution in [-0.4, -0.2) is 17.1 Å². The Morgan fingerprint density at radius 1 is 1.14 bits per heavy atom. The van der Waals surface area contributed by atoms with Crippen molar-refractivity contribution in [3.05, 3.63) is 29.3 Å². The van der Waals surface area contributed by atoms with Crippen LogP contribution in [0, 0.1) is 0 Å². The fourth-order valence-electron chi connectivity index (χ4n) is 3.26. The Morgan fingerprint density at radius 2 is 1.82 bits per heavy atom. The highest BCUT2D eigenvalue weighted by atomic mass is 16.4. The molecular weight excluding hydrogens is 274 g/mol. The van der Waals surface area contributed by atoms with E-state index in [1.54, 1.807) is 12.1 Å². The molecule has 0 saturated heterocycles. The maximum atomic E-state index is 11.0. The van der Waals surface area contributed by atoms with E-state index in [9.17, 15) is 4.79 Å². The number of anilines is 1. The largest absolute Gasteiger partial charge is 0.478 e. The van der Waals surface area contributed by atoms with E-state index in [4.69, 9.17) is 5.11 Å². The van der Waals surface area contributed by atoms with Gasteiger partial charge < -0.3 is 10.4 Å². The molecule has 0 unspecified atom stereocenters. The lowest BCUT2D eigenvalue weighted by atomic mass is 10.0. The minimum absolute atomic E-state index is 0.374. The molecule has 1 atom stereocenters. The molecule has 3 nitrogen and oxygen atoms in total. The average Bonchev–Trinajstić information content (AvgIpc) is 2.91. The van der Waals surface area contributed by atoms with E-state index in [2.05, 4.69) is 12.2 Å². The molecule has 0 aromatic heterocycles. The first-order valence-electron chi connectivity index (χ1n) is 8.83. The lowest BCUT2D eigenvalue weighted by Gasteiger charge is -2.10. The zero-order chi connectivity index (χ0) is 15.8. The number of fused-ring (bicyclic) bond motifs is 1. The number of unbranched alkanes of at least 4 members (excludes halogenated alkanes) is 7. The molecule has 0 aliphatic carbocycles. The molecule has 3 heteroatoms. The molecule has 2 rings (SSSR count). The minimum Gasteiger partial charge on any atom is -0.478 e. The van der Waals surface area contributed by atoms with Crippen molar-refractivity contribution >= 4 is 11.7 Å². The van der Waals surface area contributed by atoms with Crippen LogP contribution >= 0.6 is 0 Å². The van der Waals surface area contributed by atoms with Gasteiger partial charge in [0.1, 0.15) is 0 Å². The van der Waals surface area contributed by atoms with Crippen LogP contribution in [0.1, 0.15) is 80.6 Å². The predicted octanol–water partition coefficient (Wildman–Crippen LogP) is 5.25. The molecule has 122 valence electrons. The summed E-state index contributed by atoms with van der Waals surface area (Å²) in [5.41, 5.74) is 2.65. The molecule has 1 aromatic carbocycles. The van der Waals surface area contributed by atoms with Crippen LogP contribution in [0.4, 0.5) is 5.69 Å². The molecule has 0 spiro atoms. The first-order valence-corrected chi connectivity index (χ1v) is 8.83. The van der Waals surface area contributed by atoms with Crippen molar-refractivity contribution in [1.29, 1.82) is 0 Å². The van der Waals surface area contributed by atoms with E-state index in [0.29, 0.717) is 11.6 Å². The maximum absolute atomic E-state index is 11.0. The standard InChI is InChI=1S/C19H29NO2/c1-2-3-4-5-6-7-8-9-10-17-13-15-11-12-16(19(21)22)14-18(15)20-17/h11-12,14,17,20H,2-10,13H2,1H3,(H,21,22)/t17-/m0/s1. The quantitative estimate of drug-likeness (QED) is 0.580. The number of benzene rings is 1. The van der Waals surface area contributed by atoms with Crippen molar-refractivity contribution < 1.29 is 9.90 Å². The van der Waals surface area contributed by atoms with Gasteiger partial charge in [-0.2, -0.15) is 0 Å². The summed E-state index contributed by atoms with van der Waals surface area (Å²) in [5, 5.41) is 12.5. The first-order chi connectivity index (χ1) is 10.7. The molecule has 1 aliphatic rings. The van der Waals surface area contributed by atoms with Crippen molar-refractivity contribution in [3.8, 4) is 0 Å². The van der Waals surface area contributed by atoms with Gasteiger partial charge in [0.15, 0.2) is 0 Å². The molecule has 2 N–H and O–H groups in total. The van der Waals surface area contributed by atoms with Gasteiger partial charge in [0.2, 0.25) is 0 Å². The van der Waals surface area contributed by atoms with E-state index in [1.807, 2.05) is 6.07 Å². The van der Waals surface area contributed by atoms with Crippen LogP contribution in [0.2, 0.25) is 0 Å². The highest BCUT2D eigenvalue weighted by Crippen LogP contribution is 2.29. The molecule has 1 aromatic rings. The molecule has 0 bridgehead atoms. The van der Waals surface area contributed by atoms with Gasteiger partial charge in [0.25, 0.3) is 0 Å². The summed E-state index contributed by atoms with van der Waals surface area (Å²) in [6.07, 6.45) is 13.0. The lowest BCUT2D eigenvalue weighted by molar-refractivity contribution is 0.0697. The molecule has 1 heterocycles. The Labute approximate surface area is 134 Å². The van der Waals surface area contributed by atoms with Gasteiger partial charge in [-0.25, -0.2) is 4.79 Å². The summed E-state index contributed by atoms with van der Waals surface area (Å²) in [6.45, 7) is 2.26. The number of hydrogen-bond donors (Lipinski definition) is 2. The molecule has 0 radical (unpaired) electrons. The fourth-order valence-corrected chi connectivity index (χ4v) is 3.26. The smallest absolute Gasteiger partial charge is 0.335 e. The summed E-state index contributed by atoms with van der Waals surface area (Å²) in [4.78, 5) is 11.0. The predicted molar refractivity (Wildman–Crippen MR) is 91.7 cm³/mol. The normalized spacial score (nSPS) is 16.3. The Bertz CT molecular complexity index is 484. The van der Waals surface area contributed by atoms with Gasteiger partial charge in [0, 0.05) is 11.7 Å². The topological polar surface area (TPSA) is 49.3 Å². The van der Waals surface area contributed by atoms with E-state index in [-0.39, 0.29) is 0 Å². The summed E-state index contributed by atoms with van der Waals surface area (Å²) in [7, 11) is 0. The van der Waals surface area contributed by atoms with Crippen LogP contribution in [0.3, 0.4) is 0 Å². The van der Waals surface area contributed by atoms with Gasteiger partial charge in [-0.05, 0) is 30.5 Å². The molecule has 0 amide bonds. The SMILES string of the molecule is CCCCCCCCCC[C@H]1Cc2ccc(C(=O)O)cc2N1. The molecular formula is C19H29NO2. The number of carbonyl (C=O) groups is 1. The lowest BCUT2D eigenvalue weighted by Crippen LogP contribution is -2.14. The Balaban J connectivity index is 1.62. The van der Waals surface area contributed by atoms with E-state index in [1.165, 1.54) is 63.4 Å². The second-order valence-electron chi connectivity index (χ2n) is 6.49. The number of carboxylic acids is 1. The zero-order valence-corrected chi connectivity index (χ0v) is 13.7. The van der Waals surface area contributed by atoms with Gasteiger partial charge in [-0.1, -0.05) is 64.4 Å². The average molecular weight is 303 g/mol. The summed E-state index contributed by atoms with van der Waals surface area (Å²) in [5.74, 6) is -0.851. The van der Waals surface area contributed by atoms with E-state index < -0.39 is 5.97 Å². The molecule has 22 heavy (non-hydrogen) atoms. The van der Waals surface area contributed by atoms with Gasteiger partial charge in [-0.15, -0.1) is 0 Å². The van der Waals surface area contributed by atoms with Crippen LogP contribution in [0.15, 0.2) is 18.2 Å². The monoisotopic (exact) mass is 303 g/mol. The summed E-state index contributed by atoms with van der Waals surface area (Å²) < 4.78 is 0. The third-order valence-corrected chi connectivity index (χ3v) is 4.59. The van der Waals surface area contributed by atoms with Crippen molar-refractivity contribution in [3.63, 3.8) is 0 Å². The maximum Gasteiger partial charge on any atom is 0.335 e. The number of rotatable bonds is 10. The van der Waals surface area contributed by atoms with E-state index >= 15 is 0 Å². The fraction of sp³-hybridized carbons (Fsp3) is 0.632. The third kappa shape index (κ3) is 5.04. The van der Waals surface area contributed by atoms with Crippen LogP contribution in [-0.2, 0) is 6.42 Å². The van der Waals surface area contributed by atoms with Gasteiger partial charge in [-0.3, -0.25) is 0 Å². The number of aromatic carboxylic acids is 1. The van der Waals surface area contributed by atoms with Crippen LogP contribution < -0.4 is 5.32 Å². The van der Waals surface area contributed by atoms with Crippen molar-refractivity contribution in [2.75, 3.05) is 5.32 Å². The second-order valence-corrected chi connectivity index (χ2v) is 6.49. The van der Waals surface area contributed by atoms with Crippen molar-refractivity contribution in [2.24, 2.45) is 0 Å². The summed E-state index contributed by atoms with van der Waals surface area (Å²) >= 11 is 0. The van der Waals surface area contributed by atoms with Gasteiger partial charge in [0.05, 0.1) is 5.56 Å². The first kappa shape index (κ1) is 16.9. The Morgan fingerprint density at radius 3 is 2.50 bits per heavy atom. The number of hydrogen-bond acceptors (Lipinski definition) is 2. The third-order valence-electron chi connectivity index (χ3n) is 4.59. The molecule has 0 fully saturated rings. The Kier molecular flexibility index (Phi) is 6.75. The van der Waals surface area contributed by atoms with Crippen molar-refractivity contribution in [1.82, 2.24) is 0 Å². The summed E-state index contributed by atoms with van der Waals surface area (Å²) in [6, 6.07) is 5.92. The van der Waals surface area contributed by atoms with Gasteiger partial charge >= 0.3 is 5.97 Å². The zero-order valence-electron chi connectivity index (χ0n) is 13.7. The highest BCUT2D eigenvalue weighted by molar-refractivity contribution is 5.89. The van der Waals surface area contributed by atoms with Crippen LogP contribution in [0.5, 0.6) is 0 Å². The molecule has 0 saturated carbocycles. The number of carboxylic acid groups (broad SMARTS) is 1. The second kappa shape index (κ2) is 8.82.